The first-order valence-corrected chi connectivity index (χ1v) is 9.49. The summed E-state index contributed by atoms with van der Waals surface area (Å²) in [6.45, 7) is 11.2. The molecule has 132 valence electrons. The lowest BCUT2D eigenvalue weighted by Crippen LogP contribution is -2.41. The van der Waals surface area contributed by atoms with Crippen LogP contribution in [-0.2, 0) is 4.79 Å². The van der Waals surface area contributed by atoms with Crippen molar-refractivity contribution in [2.75, 3.05) is 13.1 Å². The average molecular weight is 329 g/mol. The van der Waals surface area contributed by atoms with Gasteiger partial charge in [0.15, 0.2) is 0 Å². The molecule has 3 rings (SSSR count). The maximum absolute atomic E-state index is 13.0. The highest BCUT2D eigenvalue weighted by atomic mass is 16.2. The van der Waals surface area contributed by atoms with Crippen LogP contribution in [0.3, 0.4) is 0 Å². The molecule has 1 saturated carbocycles. The van der Waals surface area contributed by atoms with E-state index in [1.165, 1.54) is 18.4 Å². The first kappa shape index (κ1) is 17.4. The molecule has 0 bridgehead atoms. The quantitative estimate of drug-likeness (QED) is 0.792. The van der Waals surface area contributed by atoms with Crippen molar-refractivity contribution in [2.45, 2.75) is 65.7 Å². The van der Waals surface area contributed by atoms with Gasteiger partial charge in [0.05, 0.1) is 0 Å². The minimum absolute atomic E-state index is 0.247. The highest BCUT2D eigenvalue weighted by Gasteiger charge is 2.43. The number of carbonyl (C=O) groups is 1. The van der Waals surface area contributed by atoms with Gasteiger partial charge in [-0.15, -0.1) is 0 Å². The summed E-state index contributed by atoms with van der Waals surface area (Å²) in [4.78, 5) is 19.2. The summed E-state index contributed by atoms with van der Waals surface area (Å²) >= 11 is 0. The lowest BCUT2D eigenvalue weighted by Gasteiger charge is -2.47. The van der Waals surface area contributed by atoms with Crippen LogP contribution < -0.4 is 0 Å². The molecule has 0 N–H and O–H groups in total. The smallest absolute Gasteiger partial charge is 0.225 e. The van der Waals surface area contributed by atoms with Crippen molar-refractivity contribution in [2.24, 2.45) is 16.7 Å². The van der Waals surface area contributed by atoms with Gasteiger partial charge in [-0.2, -0.15) is 0 Å². The van der Waals surface area contributed by atoms with Gasteiger partial charge in [0.2, 0.25) is 5.91 Å². The summed E-state index contributed by atoms with van der Waals surface area (Å²) in [5, 5.41) is 0. The Labute approximate surface area is 146 Å². The predicted molar refractivity (Wildman–Crippen MR) is 97.7 cm³/mol. The number of nitrogens with zero attached hydrogens (tertiary/aromatic N) is 2. The van der Waals surface area contributed by atoms with Gasteiger partial charge in [0.1, 0.15) is 0 Å². The van der Waals surface area contributed by atoms with Crippen LogP contribution in [0.15, 0.2) is 24.5 Å². The predicted octanol–water partition coefficient (Wildman–Crippen LogP) is 4.64. The van der Waals surface area contributed by atoms with Crippen molar-refractivity contribution in [1.29, 1.82) is 0 Å². The SMILES string of the molecule is CC(C)(C)C1(C)CCC(C(=O)N2CCC(c3ccncc3)C2)CC1. The minimum atomic E-state index is 0.247. The molecule has 2 fully saturated rings. The van der Waals surface area contributed by atoms with E-state index in [9.17, 15) is 4.79 Å². The van der Waals surface area contributed by atoms with Gasteiger partial charge in [-0.25, -0.2) is 0 Å². The monoisotopic (exact) mass is 328 g/mol. The van der Waals surface area contributed by atoms with Crippen LogP contribution in [0.2, 0.25) is 0 Å². The van der Waals surface area contributed by atoms with E-state index in [2.05, 4.69) is 49.7 Å². The molecule has 1 saturated heterocycles. The van der Waals surface area contributed by atoms with Crippen molar-refractivity contribution >= 4 is 5.91 Å². The van der Waals surface area contributed by atoms with Gasteiger partial charge in [-0.05, 0) is 60.6 Å². The summed E-state index contributed by atoms with van der Waals surface area (Å²) in [7, 11) is 0. The van der Waals surface area contributed by atoms with E-state index in [1.807, 2.05) is 12.4 Å². The molecule has 1 aromatic rings. The lowest BCUT2D eigenvalue weighted by atomic mass is 9.59. The van der Waals surface area contributed by atoms with Crippen LogP contribution in [0.25, 0.3) is 0 Å². The first-order valence-electron chi connectivity index (χ1n) is 9.49. The number of likely N-dealkylation sites (tertiary alicyclic amines) is 1. The standard InChI is InChI=1S/C21H32N2O/c1-20(2,3)21(4)10-5-17(6-11-21)19(24)23-14-9-18(15-23)16-7-12-22-13-8-16/h7-8,12-13,17-18H,5-6,9-11,14-15H2,1-4H3. The zero-order chi connectivity index (χ0) is 17.4. The Kier molecular flexibility index (Phi) is 4.72. The molecule has 1 aromatic heterocycles. The molecule has 3 heteroatoms. The Morgan fingerprint density at radius 3 is 2.38 bits per heavy atom. The van der Waals surface area contributed by atoms with Gasteiger partial charge in [0, 0.05) is 37.3 Å². The molecule has 0 aromatic carbocycles. The van der Waals surface area contributed by atoms with E-state index >= 15 is 0 Å². The summed E-state index contributed by atoms with van der Waals surface area (Å²) in [6.07, 6.45) is 9.26. The Hall–Kier alpha value is -1.38. The fraction of sp³-hybridized carbons (Fsp3) is 0.714. The molecule has 24 heavy (non-hydrogen) atoms. The number of hydrogen-bond donors (Lipinski definition) is 0. The van der Waals surface area contributed by atoms with Crippen molar-refractivity contribution in [3.8, 4) is 0 Å². The molecular weight excluding hydrogens is 296 g/mol. The third-order valence-electron chi connectivity index (χ3n) is 6.93. The fourth-order valence-corrected chi connectivity index (χ4v) is 4.38. The third kappa shape index (κ3) is 3.36. The van der Waals surface area contributed by atoms with E-state index in [0.717, 1.165) is 32.4 Å². The molecular formula is C21H32N2O. The molecule has 1 aliphatic carbocycles. The number of rotatable bonds is 2. The molecule has 0 radical (unpaired) electrons. The second kappa shape index (κ2) is 6.50. The first-order chi connectivity index (χ1) is 11.3. The Morgan fingerprint density at radius 2 is 1.79 bits per heavy atom. The zero-order valence-electron chi connectivity index (χ0n) is 15.7. The highest BCUT2D eigenvalue weighted by Crippen LogP contribution is 2.50. The molecule has 3 nitrogen and oxygen atoms in total. The van der Waals surface area contributed by atoms with Gasteiger partial charge in [-0.1, -0.05) is 27.7 Å². The van der Waals surface area contributed by atoms with Crippen LogP contribution in [0, 0.1) is 16.7 Å². The summed E-state index contributed by atoms with van der Waals surface area (Å²) in [5.74, 6) is 1.14. The third-order valence-corrected chi connectivity index (χ3v) is 6.93. The van der Waals surface area contributed by atoms with Crippen LogP contribution in [0.1, 0.15) is 71.3 Å². The maximum atomic E-state index is 13.0. The Morgan fingerprint density at radius 1 is 1.17 bits per heavy atom. The number of aromatic nitrogens is 1. The fourth-order valence-electron chi connectivity index (χ4n) is 4.38. The average Bonchev–Trinajstić information content (AvgIpc) is 3.05. The maximum Gasteiger partial charge on any atom is 0.225 e. The van der Waals surface area contributed by atoms with Crippen LogP contribution in [0.4, 0.5) is 0 Å². The van der Waals surface area contributed by atoms with Crippen LogP contribution in [-0.4, -0.2) is 28.9 Å². The summed E-state index contributed by atoms with van der Waals surface area (Å²) in [6, 6.07) is 4.18. The number of amides is 1. The Balaban J connectivity index is 1.57. The molecule has 1 atom stereocenters. The molecule has 0 spiro atoms. The van der Waals surface area contributed by atoms with Crippen molar-refractivity contribution in [1.82, 2.24) is 9.88 Å². The van der Waals surface area contributed by atoms with E-state index in [4.69, 9.17) is 0 Å². The van der Waals surface area contributed by atoms with Gasteiger partial charge < -0.3 is 4.90 Å². The number of carbonyl (C=O) groups excluding carboxylic acids is 1. The second-order valence-electron chi connectivity index (χ2n) is 9.14. The van der Waals surface area contributed by atoms with Crippen LogP contribution in [0.5, 0.6) is 0 Å². The van der Waals surface area contributed by atoms with Crippen molar-refractivity contribution in [3.05, 3.63) is 30.1 Å². The molecule has 1 unspecified atom stereocenters. The van der Waals surface area contributed by atoms with Crippen molar-refractivity contribution < 1.29 is 4.79 Å². The van der Waals surface area contributed by atoms with Gasteiger partial charge in [0.25, 0.3) is 0 Å². The lowest BCUT2D eigenvalue weighted by molar-refractivity contribution is -0.137. The van der Waals surface area contributed by atoms with Gasteiger partial charge >= 0.3 is 0 Å². The largest absolute Gasteiger partial charge is 0.342 e. The molecule has 2 heterocycles. The van der Waals surface area contributed by atoms with Crippen LogP contribution >= 0.6 is 0 Å². The number of hydrogen-bond acceptors (Lipinski definition) is 2. The summed E-state index contributed by atoms with van der Waals surface area (Å²) in [5.41, 5.74) is 2.01. The molecule has 2 aliphatic rings. The minimum Gasteiger partial charge on any atom is -0.342 e. The highest BCUT2D eigenvalue weighted by molar-refractivity contribution is 5.79. The van der Waals surface area contributed by atoms with Gasteiger partial charge in [-0.3, -0.25) is 9.78 Å². The number of pyridine rings is 1. The van der Waals surface area contributed by atoms with E-state index in [-0.39, 0.29) is 5.92 Å². The van der Waals surface area contributed by atoms with E-state index < -0.39 is 0 Å². The normalized spacial score (nSPS) is 31.2. The van der Waals surface area contributed by atoms with Crippen molar-refractivity contribution in [3.63, 3.8) is 0 Å². The second-order valence-corrected chi connectivity index (χ2v) is 9.14. The van der Waals surface area contributed by atoms with E-state index in [1.54, 1.807) is 0 Å². The topological polar surface area (TPSA) is 33.2 Å². The molecule has 1 aliphatic heterocycles. The zero-order valence-corrected chi connectivity index (χ0v) is 15.7. The molecule has 1 amide bonds. The van der Waals surface area contributed by atoms with E-state index in [0.29, 0.717) is 22.7 Å². The summed E-state index contributed by atoms with van der Waals surface area (Å²) < 4.78 is 0. The Bertz CT molecular complexity index is 567.